The van der Waals surface area contributed by atoms with Gasteiger partial charge in [0.15, 0.2) is 0 Å². The van der Waals surface area contributed by atoms with Crippen LogP contribution in [0.25, 0.3) is 0 Å². The molecule has 132 valence electrons. The summed E-state index contributed by atoms with van der Waals surface area (Å²) in [6.45, 7) is 0. The number of carbonyl (C=O) groups is 1. The quantitative estimate of drug-likeness (QED) is 0.699. The molecule has 3 rings (SSSR count). The summed E-state index contributed by atoms with van der Waals surface area (Å²) in [5.41, 5.74) is 1.14. The number of hydrogen-bond acceptors (Lipinski definition) is 5. The van der Waals surface area contributed by atoms with E-state index in [0.29, 0.717) is 28.0 Å². The Morgan fingerprint density at radius 2 is 1.96 bits per heavy atom. The number of halogens is 2. The first-order valence-electron chi connectivity index (χ1n) is 7.54. The maximum Gasteiger partial charge on any atom is 0.274 e. The van der Waals surface area contributed by atoms with Crippen LogP contribution in [0.15, 0.2) is 54.9 Å². The van der Waals surface area contributed by atoms with Crippen LogP contribution in [0.3, 0.4) is 0 Å². The molecule has 0 bridgehead atoms. The molecule has 0 saturated heterocycles. The van der Waals surface area contributed by atoms with Gasteiger partial charge in [-0.15, -0.1) is 0 Å². The predicted octanol–water partition coefficient (Wildman–Crippen LogP) is 4.27. The van der Waals surface area contributed by atoms with E-state index in [0.717, 1.165) is 0 Å². The first-order chi connectivity index (χ1) is 12.5. The van der Waals surface area contributed by atoms with Crippen molar-refractivity contribution < 1.29 is 13.9 Å². The van der Waals surface area contributed by atoms with Gasteiger partial charge in [-0.3, -0.25) is 4.79 Å². The van der Waals surface area contributed by atoms with E-state index < -0.39 is 11.7 Å². The van der Waals surface area contributed by atoms with Gasteiger partial charge in [-0.25, -0.2) is 14.4 Å². The second-order valence-electron chi connectivity index (χ2n) is 5.23. The Kier molecular flexibility index (Phi) is 5.28. The van der Waals surface area contributed by atoms with Gasteiger partial charge in [-0.2, -0.15) is 0 Å². The van der Waals surface area contributed by atoms with E-state index in [1.54, 1.807) is 24.3 Å². The van der Waals surface area contributed by atoms with Crippen molar-refractivity contribution in [3.63, 3.8) is 0 Å². The zero-order chi connectivity index (χ0) is 18.5. The molecule has 0 aliphatic heterocycles. The predicted molar refractivity (Wildman–Crippen MR) is 97.7 cm³/mol. The molecule has 0 atom stereocenters. The number of anilines is 3. The summed E-state index contributed by atoms with van der Waals surface area (Å²) in [6, 6.07) is 12.2. The minimum absolute atomic E-state index is 0.131. The van der Waals surface area contributed by atoms with Crippen molar-refractivity contribution in [2.75, 3.05) is 17.7 Å². The summed E-state index contributed by atoms with van der Waals surface area (Å²) in [6.07, 6.45) is 1.26. The molecule has 0 unspecified atom stereocenters. The van der Waals surface area contributed by atoms with Gasteiger partial charge in [0.25, 0.3) is 5.91 Å². The van der Waals surface area contributed by atoms with E-state index in [1.165, 1.54) is 37.7 Å². The van der Waals surface area contributed by atoms with Crippen LogP contribution >= 0.6 is 11.6 Å². The third kappa shape index (κ3) is 4.25. The van der Waals surface area contributed by atoms with Crippen molar-refractivity contribution in [1.82, 2.24) is 9.97 Å². The minimum atomic E-state index is -0.478. The zero-order valence-corrected chi connectivity index (χ0v) is 14.4. The van der Waals surface area contributed by atoms with Crippen molar-refractivity contribution >= 4 is 34.7 Å². The van der Waals surface area contributed by atoms with Crippen LogP contribution in [0.5, 0.6) is 5.75 Å². The molecule has 2 N–H and O–H groups in total. The maximum absolute atomic E-state index is 13.2. The highest BCUT2D eigenvalue weighted by molar-refractivity contribution is 6.32. The fourth-order valence-corrected chi connectivity index (χ4v) is 2.46. The monoisotopic (exact) mass is 372 g/mol. The highest BCUT2D eigenvalue weighted by atomic mass is 35.5. The molecule has 0 fully saturated rings. The van der Waals surface area contributed by atoms with Crippen LogP contribution in [0.1, 0.15) is 10.5 Å². The summed E-state index contributed by atoms with van der Waals surface area (Å²) in [7, 11) is 1.53. The van der Waals surface area contributed by atoms with E-state index in [2.05, 4.69) is 20.6 Å². The second-order valence-corrected chi connectivity index (χ2v) is 5.63. The molecule has 0 aliphatic carbocycles. The number of amides is 1. The van der Waals surface area contributed by atoms with Crippen molar-refractivity contribution in [1.29, 1.82) is 0 Å². The van der Waals surface area contributed by atoms with Crippen LogP contribution in [0, 0.1) is 5.82 Å². The lowest BCUT2D eigenvalue weighted by Crippen LogP contribution is -2.14. The van der Waals surface area contributed by atoms with Gasteiger partial charge >= 0.3 is 0 Å². The molecule has 0 spiro atoms. The number of benzene rings is 2. The molecule has 26 heavy (non-hydrogen) atoms. The van der Waals surface area contributed by atoms with Gasteiger partial charge in [-0.1, -0.05) is 17.7 Å². The molecule has 0 radical (unpaired) electrons. The summed E-state index contributed by atoms with van der Waals surface area (Å²) in [4.78, 5) is 20.3. The van der Waals surface area contributed by atoms with Gasteiger partial charge in [0.05, 0.1) is 12.1 Å². The van der Waals surface area contributed by atoms with Crippen LogP contribution in [0.4, 0.5) is 21.6 Å². The van der Waals surface area contributed by atoms with Gasteiger partial charge in [0, 0.05) is 17.4 Å². The lowest BCUT2D eigenvalue weighted by molar-refractivity contribution is 0.102. The number of hydrogen-bond donors (Lipinski definition) is 2. The average Bonchev–Trinajstić information content (AvgIpc) is 2.62. The van der Waals surface area contributed by atoms with Gasteiger partial charge in [0.2, 0.25) is 0 Å². The molecule has 0 aliphatic rings. The number of ether oxygens (including phenoxy) is 1. The van der Waals surface area contributed by atoms with E-state index in [1.807, 2.05) is 0 Å². The summed E-state index contributed by atoms with van der Waals surface area (Å²) in [5, 5.41) is 6.05. The Labute approximate surface area is 154 Å². The topological polar surface area (TPSA) is 76.1 Å². The number of carbonyl (C=O) groups excluding carboxylic acids is 1. The van der Waals surface area contributed by atoms with E-state index >= 15 is 0 Å². The van der Waals surface area contributed by atoms with E-state index in [9.17, 15) is 9.18 Å². The number of aromatic nitrogens is 2. The zero-order valence-electron chi connectivity index (χ0n) is 13.7. The Balaban J connectivity index is 1.75. The van der Waals surface area contributed by atoms with Gasteiger partial charge in [0.1, 0.15) is 29.4 Å². The molecule has 3 aromatic rings. The largest absolute Gasteiger partial charge is 0.495 e. The third-order valence-corrected chi connectivity index (χ3v) is 3.70. The lowest BCUT2D eigenvalue weighted by atomic mass is 10.2. The number of nitrogens with zero attached hydrogens (tertiary/aromatic N) is 2. The molecule has 8 heteroatoms. The number of methoxy groups -OCH3 is 1. The standard InChI is InChI=1S/C18H14ClFN4O2/c1-26-16-6-5-13(8-14(16)19)23-17-9-15(21-10-22-17)18(25)24-12-4-2-3-11(20)7-12/h2-10H,1H3,(H,24,25)(H,21,22,23). The molecule has 1 amide bonds. The molecular weight excluding hydrogens is 359 g/mol. The Hall–Kier alpha value is -3.19. The van der Waals surface area contributed by atoms with Crippen LogP contribution in [-0.2, 0) is 0 Å². The SMILES string of the molecule is COc1ccc(Nc2cc(C(=O)Nc3cccc(F)c3)ncn2)cc1Cl. The Morgan fingerprint density at radius 1 is 1.12 bits per heavy atom. The molecule has 6 nitrogen and oxygen atoms in total. The Morgan fingerprint density at radius 3 is 2.69 bits per heavy atom. The first-order valence-corrected chi connectivity index (χ1v) is 7.92. The van der Waals surface area contributed by atoms with E-state index in [-0.39, 0.29) is 5.69 Å². The van der Waals surface area contributed by atoms with Crippen LogP contribution in [-0.4, -0.2) is 23.0 Å². The second kappa shape index (κ2) is 7.79. The Bertz CT molecular complexity index is 952. The molecule has 0 saturated carbocycles. The van der Waals surface area contributed by atoms with Gasteiger partial charge < -0.3 is 15.4 Å². The molecular formula is C18H14ClFN4O2. The molecule has 1 heterocycles. The van der Waals surface area contributed by atoms with Crippen LogP contribution in [0.2, 0.25) is 5.02 Å². The maximum atomic E-state index is 13.2. The highest BCUT2D eigenvalue weighted by Gasteiger charge is 2.10. The van der Waals surface area contributed by atoms with Crippen molar-refractivity contribution in [2.24, 2.45) is 0 Å². The normalized spacial score (nSPS) is 10.3. The lowest BCUT2D eigenvalue weighted by Gasteiger charge is -2.09. The number of nitrogens with one attached hydrogen (secondary N) is 2. The number of rotatable bonds is 5. The highest BCUT2D eigenvalue weighted by Crippen LogP contribution is 2.28. The minimum Gasteiger partial charge on any atom is -0.495 e. The fraction of sp³-hybridized carbons (Fsp3) is 0.0556. The van der Waals surface area contributed by atoms with Crippen LogP contribution < -0.4 is 15.4 Å². The summed E-state index contributed by atoms with van der Waals surface area (Å²) in [5.74, 6) is 0.0405. The van der Waals surface area contributed by atoms with Crippen molar-refractivity contribution in [3.05, 3.63) is 71.4 Å². The van der Waals surface area contributed by atoms with Crippen molar-refractivity contribution in [2.45, 2.75) is 0 Å². The van der Waals surface area contributed by atoms with Gasteiger partial charge in [-0.05, 0) is 36.4 Å². The fourth-order valence-electron chi connectivity index (χ4n) is 2.20. The summed E-state index contributed by atoms with van der Waals surface area (Å²) < 4.78 is 18.3. The third-order valence-electron chi connectivity index (χ3n) is 3.41. The van der Waals surface area contributed by atoms with Crippen molar-refractivity contribution in [3.8, 4) is 5.75 Å². The molecule has 1 aromatic heterocycles. The summed E-state index contributed by atoms with van der Waals surface area (Å²) >= 11 is 6.09. The van der Waals surface area contributed by atoms with E-state index in [4.69, 9.17) is 16.3 Å². The molecule has 2 aromatic carbocycles. The smallest absolute Gasteiger partial charge is 0.274 e. The average molecular weight is 373 g/mol. The first kappa shape index (κ1) is 17.6.